The maximum atomic E-state index is 10.5. The smallest absolute Gasteiger partial charge is 0.313 e. The summed E-state index contributed by atoms with van der Waals surface area (Å²) in [5.74, 6) is -0.0957. The first-order chi connectivity index (χ1) is 8.04. The number of carboxylic acids is 1. The monoisotopic (exact) mass is 259 g/mol. The summed E-state index contributed by atoms with van der Waals surface area (Å²) in [6.45, 7) is 4.39. The van der Waals surface area contributed by atoms with Crippen LogP contribution in [0.3, 0.4) is 0 Å². The number of rotatable bonds is 7. The van der Waals surface area contributed by atoms with Crippen molar-refractivity contribution >= 4 is 17.7 Å². The van der Waals surface area contributed by atoms with Gasteiger partial charge in [0.2, 0.25) is 0 Å². The average molecular weight is 259 g/mol. The number of carboxylic acid groups (broad SMARTS) is 1. The zero-order valence-corrected chi connectivity index (χ0v) is 10.8. The number of aromatic nitrogens is 3. The van der Waals surface area contributed by atoms with Crippen molar-refractivity contribution < 1.29 is 15.0 Å². The second-order valence-electron chi connectivity index (χ2n) is 3.71. The largest absolute Gasteiger partial charge is 0.481 e. The van der Waals surface area contributed by atoms with E-state index in [-0.39, 0.29) is 11.9 Å². The number of aliphatic hydroxyl groups is 1. The van der Waals surface area contributed by atoms with Gasteiger partial charge in [-0.2, -0.15) is 0 Å². The fourth-order valence-corrected chi connectivity index (χ4v) is 2.13. The minimum Gasteiger partial charge on any atom is -0.481 e. The minimum atomic E-state index is -0.869. The van der Waals surface area contributed by atoms with Gasteiger partial charge in [-0.1, -0.05) is 11.8 Å². The third-order valence-corrected chi connectivity index (χ3v) is 3.17. The van der Waals surface area contributed by atoms with E-state index in [1.165, 1.54) is 0 Å². The molecule has 0 saturated carbocycles. The summed E-state index contributed by atoms with van der Waals surface area (Å²) in [6, 6.07) is 0. The van der Waals surface area contributed by atoms with Crippen molar-refractivity contribution in [1.29, 1.82) is 0 Å². The van der Waals surface area contributed by atoms with E-state index in [9.17, 15) is 9.90 Å². The number of aliphatic carboxylic acids is 1. The molecule has 0 aliphatic rings. The van der Waals surface area contributed by atoms with Crippen molar-refractivity contribution in [2.75, 3.05) is 5.75 Å². The lowest BCUT2D eigenvalue weighted by Gasteiger charge is -2.07. The van der Waals surface area contributed by atoms with Crippen molar-refractivity contribution in [3.63, 3.8) is 0 Å². The van der Waals surface area contributed by atoms with Gasteiger partial charge in [0.05, 0.1) is 11.9 Å². The standard InChI is InChI=1S/C10H17N3O3S/c1-3-13-8(5-4-7(2)14)11-12-10(13)17-6-9(15)16/h7,14H,3-6H2,1-2H3,(H,15,16). The lowest BCUT2D eigenvalue weighted by molar-refractivity contribution is -0.133. The Labute approximate surface area is 104 Å². The molecule has 1 heterocycles. The first kappa shape index (κ1) is 14.0. The van der Waals surface area contributed by atoms with Gasteiger partial charge >= 0.3 is 5.97 Å². The Balaban J connectivity index is 2.69. The van der Waals surface area contributed by atoms with Crippen LogP contribution >= 0.6 is 11.8 Å². The predicted octanol–water partition coefficient (Wildman–Crippen LogP) is 0.788. The van der Waals surface area contributed by atoms with Crippen molar-refractivity contribution in [3.05, 3.63) is 5.82 Å². The molecule has 0 aliphatic carbocycles. The van der Waals surface area contributed by atoms with E-state index in [4.69, 9.17) is 5.11 Å². The molecule has 0 saturated heterocycles. The molecular formula is C10H17N3O3S. The molecule has 1 rings (SSSR count). The quantitative estimate of drug-likeness (QED) is 0.704. The SMILES string of the molecule is CCn1c(CCC(C)O)nnc1SCC(=O)O. The first-order valence-electron chi connectivity index (χ1n) is 5.49. The van der Waals surface area contributed by atoms with Crippen molar-refractivity contribution in [2.45, 2.75) is 44.5 Å². The van der Waals surface area contributed by atoms with Crippen molar-refractivity contribution in [1.82, 2.24) is 14.8 Å². The maximum Gasteiger partial charge on any atom is 0.313 e. The summed E-state index contributed by atoms with van der Waals surface area (Å²) >= 11 is 1.16. The Morgan fingerprint density at radius 2 is 2.24 bits per heavy atom. The Bertz CT molecular complexity index is 379. The molecule has 0 amide bonds. The van der Waals surface area contributed by atoms with Crippen LogP contribution in [0.1, 0.15) is 26.1 Å². The fourth-order valence-electron chi connectivity index (χ4n) is 1.39. The number of hydrogen-bond acceptors (Lipinski definition) is 5. The highest BCUT2D eigenvalue weighted by Crippen LogP contribution is 2.17. The molecule has 17 heavy (non-hydrogen) atoms. The van der Waals surface area contributed by atoms with Crippen LogP contribution in [0.2, 0.25) is 0 Å². The van der Waals surface area contributed by atoms with E-state index in [0.29, 0.717) is 24.5 Å². The van der Waals surface area contributed by atoms with Gasteiger partial charge in [0.1, 0.15) is 5.82 Å². The Morgan fingerprint density at radius 3 is 2.76 bits per heavy atom. The van der Waals surface area contributed by atoms with Crippen LogP contribution in [0.15, 0.2) is 5.16 Å². The molecule has 0 bridgehead atoms. The summed E-state index contributed by atoms with van der Waals surface area (Å²) in [5.41, 5.74) is 0. The maximum absolute atomic E-state index is 10.5. The molecular weight excluding hydrogens is 242 g/mol. The van der Waals surface area contributed by atoms with E-state index in [1.54, 1.807) is 6.92 Å². The zero-order chi connectivity index (χ0) is 12.8. The van der Waals surface area contributed by atoms with Gasteiger partial charge in [-0.05, 0) is 20.3 Å². The molecule has 0 fully saturated rings. The molecule has 1 unspecified atom stereocenters. The summed E-state index contributed by atoms with van der Waals surface area (Å²) in [6.07, 6.45) is 0.903. The molecule has 1 aromatic heterocycles. The average Bonchev–Trinajstić information content (AvgIpc) is 2.65. The van der Waals surface area contributed by atoms with Crippen LogP contribution in [-0.2, 0) is 17.8 Å². The summed E-state index contributed by atoms with van der Waals surface area (Å²) < 4.78 is 1.88. The van der Waals surface area contributed by atoms with E-state index < -0.39 is 5.97 Å². The topological polar surface area (TPSA) is 88.2 Å². The molecule has 1 aromatic rings. The number of carbonyl (C=O) groups is 1. The first-order valence-corrected chi connectivity index (χ1v) is 6.47. The molecule has 1 atom stereocenters. The molecule has 96 valence electrons. The highest BCUT2D eigenvalue weighted by Gasteiger charge is 2.12. The summed E-state index contributed by atoms with van der Waals surface area (Å²) in [7, 11) is 0. The second kappa shape index (κ2) is 6.61. The molecule has 2 N–H and O–H groups in total. The predicted molar refractivity (Wildman–Crippen MR) is 64.1 cm³/mol. The molecule has 0 radical (unpaired) electrons. The molecule has 0 aromatic carbocycles. The lowest BCUT2D eigenvalue weighted by Crippen LogP contribution is -2.08. The van der Waals surface area contributed by atoms with E-state index in [2.05, 4.69) is 10.2 Å². The third-order valence-electron chi connectivity index (χ3n) is 2.22. The van der Waals surface area contributed by atoms with Crippen molar-refractivity contribution in [2.24, 2.45) is 0 Å². The second-order valence-corrected chi connectivity index (χ2v) is 4.66. The third kappa shape index (κ3) is 4.35. The van der Waals surface area contributed by atoms with Gasteiger partial charge in [-0.3, -0.25) is 4.79 Å². The highest BCUT2D eigenvalue weighted by atomic mass is 32.2. The van der Waals surface area contributed by atoms with E-state index in [0.717, 1.165) is 17.6 Å². The molecule has 7 heteroatoms. The number of aryl methyl sites for hydroxylation is 1. The van der Waals surface area contributed by atoms with Crippen molar-refractivity contribution in [3.8, 4) is 0 Å². The van der Waals surface area contributed by atoms with Crippen LogP contribution in [0, 0.1) is 0 Å². The van der Waals surface area contributed by atoms with Gasteiger partial charge in [0, 0.05) is 13.0 Å². The summed E-state index contributed by atoms with van der Waals surface area (Å²) in [5, 5.41) is 26.4. The zero-order valence-electron chi connectivity index (χ0n) is 9.96. The molecule has 6 nitrogen and oxygen atoms in total. The normalized spacial score (nSPS) is 12.6. The highest BCUT2D eigenvalue weighted by molar-refractivity contribution is 7.99. The van der Waals surface area contributed by atoms with Gasteiger partial charge < -0.3 is 14.8 Å². The minimum absolute atomic E-state index is 0.0193. The number of hydrogen-bond donors (Lipinski definition) is 2. The van der Waals surface area contributed by atoms with E-state index >= 15 is 0 Å². The van der Waals surface area contributed by atoms with Gasteiger partial charge in [-0.25, -0.2) is 0 Å². The Kier molecular flexibility index (Phi) is 5.43. The molecule has 0 aliphatic heterocycles. The van der Waals surface area contributed by atoms with Crippen LogP contribution < -0.4 is 0 Å². The van der Waals surface area contributed by atoms with Crippen LogP contribution in [0.4, 0.5) is 0 Å². The molecule has 0 spiro atoms. The Hall–Kier alpha value is -1.08. The fraction of sp³-hybridized carbons (Fsp3) is 0.700. The van der Waals surface area contributed by atoms with Crippen LogP contribution in [0.25, 0.3) is 0 Å². The van der Waals surface area contributed by atoms with Gasteiger partial charge in [0.25, 0.3) is 0 Å². The summed E-state index contributed by atoms with van der Waals surface area (Å²) in [4.78, 5) is 10.5. The van der Waals surface area contributed by atoms with Gasteiger partial charge in [-0.15, -0.1) is 10.2 Å². The van der Waals surface area contributed by atoms with E-state index in [1.807, 2.05) is 11.5 Å². The van der Waals surface area contributed by atoms with Crippen LogP contribution in [-0.4, -0.2) is 42.8 Å². The van der Waals surface area contributed by atoms with Crippen LogP contribution in [0.5, 0.6) is 0 Å². The number of nitrogens with zero attached hydrogens (tertiary/aromatic N) is 3. The number of thioether (sulfide) groups is 1. The van der Waals surface area contributed by atoms with Gasteiger partial charge in [0.15, 0.2) is 5.16 Å². The lowest BCUT2D eigenvalue weighted by atomic mass is 10.2. The Morgan fingerprint density at radius 1 is 1.53 bits per heavy atom. The number of aliphatic hydroxyl groups excluding tert-OH is 1.